The number of nitrogens with zero attached hydrogens (tertiary/aromatic N) is 1. The van der Waals surface area contributed by atoms with Crippen LogP contribution in [0.4, 0.5) is 5.69 Å². The largest absolute Gasteiger partial charge is 0.274 e. The zero-order valence-corrected chi connectivity index (χ0v) is 12.6. The van der Waals surface area contributed by atoms with Crippen LogP contribution in [0.25, 0.3) is 0 Å². The lowest BCUT2D eigenvalue weighted by atomic mass is 9.71. The third kappa shape index (κ3) is 1.34. The lowest BCUT2D eigenvalue weighted by Gasteiger charge is -2.28. The molecule has 0 aromatic heterocycles. The van der Waals surface area contributed by atoms with Crippen LogP contribution in [0.1, 0.15) is 24.5 Å². The van der Waals surface area contributed by atoms with Gasteiger partial charge in [-0.1, -0.05) is 24.3 Å². The van der Waals surface area contributed by atoms with Crippen LogP contribution in [0.2, 0.25) is 0 Å². The predicted octanol–water partition coefficient (Wildman–Crippen LogP) is 3.01. The zero-order chi connectivity index (χ0) is 14.9. The normalized spacial score (nSPS) is 36.7. The van der Waals surface area contributed by atoms with Gasteiger partial charge in [-0.05, 0) is 56.2 Å². The Balaban J connectivity index is 1.85. The van der Waals surface area contributed by atoms with Crippen molar-refractivity contribution in [3.05, 3.63) is 41.5 Å². The van der Waals surface area contributed by atoms with E-state index < -0.39 is 5.41 Å². The highest BCUT2D eigenvalue weighted by molar-refractivity contribution is 6.24. The van der Waals surface area contributed by atoms with Crippen LogP contribution in [-0.2, 0) is 9.59 Å². The minimum Gasteiger partial charge on any atom is -0.274 e. The van der Waals surface area contributed by atoms with Crippen LogP contribution in [-0.4, -0.2) is 11.8 Å². The Labute approximate surface area is 124 Å². The second-order valence-electron chi connectivity index (χ2n) is 6.85. The van der Waals surface area contributed by atoms with Gasteiger partial charge in [0, 0.05) is 0 Å². The molecule has 4 atom stereocenters. The molecule has 3 nitrogen and oxygen atoms in total. The van der Waals surface area contributed by atoms with Gasteiger partial charge in [0.25, 0.3) is 0 Å². The van der Waals surface area contributed by atoms with E-state index in [-0.39, 0.29) is 29.6 Å². The minimum absolute atomic E-state index is 0.00644. The molecule has 0 N–H and O–H groups in total. The van der Waals surface area contributed by atoms with Gasteiger partial charge in [-0.3, -0.25) is 9.59 Å². The fraction of sp³-hybridized carbons (Fsp3) is 0.444. The van der Waals surface area contributed by atoms with Crippen LogP contribution in [0.5, 0.6) is 0 Å². The van der Waals surface area contributed by atoms with Gasteiger partial charge in [0.15, 0.2) is 0 Å². The fourth-order valence-corrected chi connectivity index (χ4v) is 4.51. The average molecular weight is 281 g/mol. The van der Waals surface area contributed by atoms with Gasteiger partial charge in [-0.15, -0.1) is 0 Å². The summed E-state index contributed by atoms with van der Waals surface area (Å²) in [7, 11) is 0. The predicted molar refractivity (Wildman–Crippen MR) is 80.7 cm³/mol. The number of hydrogen-bond acceptors (Lipinski definition) is 2. The Kier molecular flexibility index (Phi) is 2.35. The number of hydrogen-bond donors (Lipinski definition) is 0. The summed E-state index contributed by atoms with van der Waals surface area (Å²) in [6.45, 7) is 5.98. The summed E-state index contributed by atoms with van der Waals surface area (Å²) in [6.07, 6.45) is 5.23. The molecule has 2 bridgehead atoms. The molecule has 3 heteroatoms. The molecule has 108 valence electrons. The van der Waals surface area contributed by atoms with E-state index in [4.69, 9.17) is 0 Å². The monoisotopic (exact) mass is 281 g/mol. The van der Waals surface area contributed by atoms with E-state index in [9.17, 15) is 9.59 Å². The average Bonchev–Trinajstić information content (AvgIpc) is 3.07. The van der Waals surface area contributed by atoms with Gasteiger partial charge in [-0.2, -0.15) is 0 Å². The van der Waals surface area contributed by atoms with E-state index in [0.29, 0.717) is 0 Å². The molecule has 1 saturated carbocycles. The summed E-state index contributed by atoms with van der Waals surface area (Å²) in [6, 6.07) is 5.82. The van der Waals surface area contributed by atoms with Crippen molar-refractivity contribution >= 4 is 17.5 Å². The van der Waals surface area contributed by atoms with E-state index in [1.807, 2.05) is 39.0 Å². The molecule has 4 rings (SSSR count). The van der Waals surface area contributed by atoms with Crippen molar-refractivity contribution in [3.63, 3.8) is 0 Å². The summed E-state index contributed by atoms with van der Waals surface area (Å²) in [4.78, 5) is 27.4. The highest BCUT2D eigenvalue weighted by atomic mass is 16.2. The fourth-order valence-electron chi connectivity index (χ4n) is 4.51. The van der Waals surface area contributed by atoms with Crippen molar-refractivity contribution in [1.82, 2.24) is 0 Å². The van der Waals surface area contributed by atoms with Gasteiger partial charge in [-0.25, -0.2) is 4.90 Å². The van der Waals surface area contributed by atoms with Gasteiger partial charge in [0.2, 0.25) is 11.8 Å². The maximum absolute atomic E-state index is 13.0. The number of amides is 2. The molecular formula is C18H19NO2. The quantitative estimate of drug-likeness (QED) is 0.586. The second-order valence-corrected chi connectivity index (χ2v) is 6.85. The molecule has 2 amide bonds. The van der Waals surface area contributed by atoms with Crippen LogP contribution in [0.3, 0.4) is 0 Å². The molecule has 0 unspecified atom stereocenters. The van der Waals surface area contributed by atoms with Crippen molar-refractivity contribution in [2.45, 2.75) is 27.2 Å². The smallest absolute Gasteiger partial charge is 0.241 e. The first-order chi connectivity index (χ1) is 9.96. The number of aryl methyl sites for hydroxylation is 1. The van der Waals surface area contributed by atoms with Crippen LogP contribution >= 0.6 is 0 Å². The molecule has 2 aliphatic carbocycles. The van der Waals surface area contributed by atoms with Crippen LogP contribution in [0, 0.1) is 37.0 Å². The Morgan fingerprint density at radius 1 is 1.19 bits per heavy atom. The minimum atomic E-state index is -0.535. The lowest BCUT2D eigenvalue weighted by Crippen LogP contribution is -2.37. The molecule has 1 aromatic carbocycles. The molecule has 3 aliphatic rings. The molecule has 21 heavy (non-hydrogen) atoms. The standard InChI is InChI=1S/C18H19NO2/c1-10-5-4-6-14(11(10)2)19-16(20)15-12-7-8-13(9-12)18(15,3)17(19)21/h4-8,12-13,15H,9H2,1-3H3/t12-,13+,15+,18-/m1/s1. The first-order valence-corrected chi connectivity index (χ1v) is 7.59. The van der Waals surface area contributed by atoms with Crippen molar-refractivity contribution in [1.29, 1.82) is 0 Å². The summed E-state index contributed by atoms with van der Waals surface area (Å²) in [5.41, 5.74) is 2.35. The summed E-state index contributed by atoms with van der Waals surface area (Å²) >= 11 is 0. The number of carbonyl (C=O) groups excluding carboxylic acids is 2. The summed E-state index contributed by atoms with van der Waals surface area (Å²) < 4.78 is 0. The SMILES string of the molecule is Cc1cccc(N2C(=O)[C@@H]3[C@@H]4C=C[C@@H](C4)[C@@]3(C)C2=O)c1C. The molecule has 1 aromatic rings. The van der Waals surface area contributed by atoms with Gasteiger partial charge >= 0.3 is 0 Å². The molecular weight excluding hydrogens is 262 g/mol. The number of allylic oxidation sites excluding steroid dienone is 2. The molecule has 2 fully saturated rings. The number of fused-ring (bicyclic) bond motifs is 5. The molecule has 0 radical (unpaired) electrons. The summed E-state index contributed by atoms with van der Waals surface area (Å²) in [5.74, 6) is 0.279. The number of imide groups is 1. The maximum Gasteiger partial charge on any atom is 0.241 e. The number of carbonyl (C=O) groups is 2. The van der Waals surface area contributed by atoms with Crippen molar-refractivity contribution in [2.75, 3.05) is 4.90 Å². The Morgan fingerprint density at radius 2 is 1.95 bits per heavy atom. The second kappa shape index (κ2) is 3.85. The highest BCUT2D eigenvalue weighted by Gasteiger charge is 2.67. The topological polar surface area (TPSA) is 37.4 Å². The van der Waals surface area contributed by atoms with E-state index in [1.165, 1.54) is 4.90 Å². The first kappa shape index (κ1) is 12.8. The van der Waals surface area contributed by atoms with Crippen LogP contribution < -0.4 is 4.90 Å². The van der Waals surface area contributed by atoms with E-state index in [1.54, 1.807) is 0 Å². The van der Waals surface area contributed by atoms with Crippen molar-refractivity contribution in [2.24, 2.45) is 23.2 Å². The molecule has 0 spiro atoms. The van der Waals surface area contributed by atoms with Crippen molar-refractivity contribution in [3.8, 4) is 0 Å². The lowest BCUT2D eigenvalue weighted by molar-refractivity contribution is -0.127. The third-order valence-corrected chi connectivity index (χ3v) is 5.93. The highest BCUT2D eigenvalue weighted by Crippen LogP contribution is 2.61. The van der Waals surface area contributed by atoms with Gasteiger partial charge in [0.1, 0.15) is 0 Å². The molecule has 1 saturated heterocycles. The Morgan fingerprint density at radius 3 is 2.67 bits per heavy atom. The number of benzene rings is 1. The Bertz CT molecular complexity index is 705. The van der Waals surface area contributed by atoms with Crippen LogP contribution in [0.15, 0.2) is 30.4 Å². The number of rotatable bonds is 1. The van der Waals surface area contributed by atoms with E-state index in [0.717, 1.165) is 23.2 Å². The third-order valence-electron chi connectivity index (χ3n) is 5.93. The van der Waals surface area contributed by atoms with E-state index in [2.05, 4.69) is 12.2 Å². The molecule has 1 heterocycles. The first-order valence-electron chi connectivity index (χ1n) is 7.59. The zero-order valence-electron chi connectivity index (χ0n) is 12.6. The molecule has 1 aliphatic heterocycles. The number of anilines is 1. The summed E-state index contributed by atoms with van der Waals surface area (Å²) in [5, 5.41) is 0. The maximum atomic E-state index is 13.0. The Hall–Kier alpha value is -1.90. The van der Waals surface area contributed by atoms with Gasteiger partial charge in [0.05, 0.1) is 17.0 Å². The van der Waals surface area contributed by atoms with Crippen molar-refractivity contribution < 1.29 is 9.59 Å². The van der Waals surface area contributed by atoms with Gasteiger partial charge < -0.3 is 0 Å². The van der Waals surface area contributed by atoms with E-state index >= 15 is 0 Å².